The third kappa shape index (κ3) is 4.16. The van der Waals surface area contributed by atoms with Crippen molar-refractivity contribution in [2.45, 2.75) is 77.3 Å². The highest BCUT2D eigenvalue weighted by atomic mass is 19.2. The zero-order chi connectivity index (χ0) is 13.7. The summed E-state index contributed by atoms with van der Waals surface area (Å²) in [6.45, 7) is 1.50. The van der Waals surface area contributed by atoms with E-state index in [1.165, 1.54) is 38.5 Å². The molecule has 0 bridgehead atoms. The monoisotopic (exact) mass is 272 g/mol. The zero-order valence-electron chi connectivity index (χ0n) is 12.4. The van der Waals surface area contributed by atoms with Crippen molar-refractivity contribution >= 4 is 0 Å². The van der Waals surface area contributed by atoms with Gasteiger partial charge in [0.15, 0.2) is 0 Å². The average molecular weight is 272 g/mol. The first kappa shape index (κ1) is 15.3. The second-order valence-electron chi connectivity index (χ2n) is 6.91. The third-order valence-electron chi connectivity index (χ3n) is 5.73. The number of hydrogen-bond acceptors (Lipinski definition) is 0. The van der Waals surface area contributed by atoms with E-state index in [1.807, 2.05) is 0 Å². The minimum atomic E-state index is -1.19. The summed E-state index contributed by atoms with van der Waals surface area (Å²) in [6, 6.07) is 0. The third-order valence-corrected chi connectivity index (χ3v) is 5.73. The van der Waals surface area contributed by atoms with Crippen molar-refractivity contribution in [3.05, 3.63) is 0 Å². The summed E-state index contributed by atoms with van der Waals surface area (Å²) in [6.07, 6.45) is 11.3. The molecule has 19 heavy (non-hydrogen) atoms. The molecule has 0 nitrogen and oxygen atoms in total. The lowest BCUT2D eigenvalue weighted by Crippen LogP contribution is -2.29. The minimum Gasteiger partial charge on any atom is -0.248 e. The average Bonchev–Trinajstić information content (AvgIpc) is 2.48. The molecule has 0 aromatic carbocycles. The van der Waals surface area contributed by atoms with Crippen molar-refractivity contribution in [3.63, 3.8) is 0 Å². The molecule has 0 spiro atoms. The van der Waals surface area contributed by atoms with Gasteiger partial charge in [0.2, 0.25) is 0 Å². The van der Waals surface area contributed by atoms with Crippen LogP contribution in [-0.4, -0.2) is 12.8 Å². The zero-order valence-corrected chi connectivity index (χ0v) is 12.4. The summed E-state index contributed by atoms with van der Waals surface area (Å²) in [5, 5.41) is 0. The Morgan fingerprint density at radius 2 is 1.42 bits per heavy atom. The highest BCUT2D eigenvalue weighted by Gasteiger charge is 2.33. The highest BCUT2D eigenvalue weighted by molar-refractivity contribution is 4.83. The van der Waals surface area contributed by atoms with Crippen LogP contribution < -0.4 is 0 Å². The lowest BCUT2D eigenvalue weighted by Gasteiger charge is -2.38. The van der Waals surface area contributed by atoms with Crippen LogP contribution in [0.15, 0.2) is 0 Å². The van der Waals surface area contributed by atoms with Crippen molar-refractivity contribution in [2.24, 2.45) is 23.7 Å². The Morgan fingerprint density at radius 3 is 1.89 bits per heavy atom. The summed E-state index contributed by atoms with van der Waals surface area (Å²) in [5.74, 6) is 2.68. The van der Waals surface area contributed by atoms with E-state index in [1.54, 1.807) is 0 Å². The van der Waals surface area contributed by atoms with Gasteiger partial charge < -0.3 is 0 Å². The molecule has 2 aliphatic carbocycles. The Kier molecular flexibility index (Phi) is 6.09. The number of halogens is 2. The molecule has 2 aliphatic rings. The van der Waals surface area contributed by atoms with Crippen LogP contribution in [0.25, 0.3) is 0 Å². The van der Waals surface area contributed by atoms with Gasteiger partial charge in [-0.05, 0) is 62.2 Å². The summed E-state index contributed by atoms with van der Waals surface area (Å²) in [7, 11) is 0. The molecule has 1 atom stereocenters. The Hall–Kier alpha value is -0.140. The van der Waals surface area contributed by atoms with Crippen LogP contribution in [0.1, 0.15) is 71.1 Å². The largest absolute Gasteiger partial charge is 0.248 e. The van der Waals surface area contributed by atoms with Gasteiger partial charge in [0.1, 0.15) is 12.8 Å². The van der Waals surface area contributed by atoms with Crippen molar-refractivity contribution in [1.29, 1.82) is 0 Å². The maximum absolute atomic E-state index is 13.3. The SMILES string of the molecule is CCCC1CCC(C2CCC(C(F)CF)CC2)CC1. The maximum atomic E-state index is 13.3. The standard InChI is InChI=1S/C17H30F2/c1-2-3-13-4-6-14(7-5-13)15-8-10-16(11-9-15)17(19)12-18/h13-17H,2-12H2,1H3. The predicted molar refractivity (Wildman–Crippen MR) is 76.7 cm³/mol. The molecule has 0 aliphatic heterocycles. The van der Waals surface area contributed by atoms with E-state index in [2.05, 4.69) is 6.92 Å². The second-order valence-corrected chi connectivity index (χ2v) is 6.91. The molecule has 2 fully saturated rings. The van der Waals surface area contributed by atoms with Gasteiger partial charge in [-0.1, -0.05) is 32.6 Å². The highest BCUT2D eigenvalue weighted by Crippen LogP contribution is 2.43. The topological polar surface area (TPSA) is 0 Å². The van der Waals surface area contributed by atoms with Crippen molar-refractivity contribution in [1.82, 2.24) is 0 Å². The summed E-state index contributed by atoms with van der Waals surface area (Å²) in [4.78, 5) is 0. The van der Waals surface area contributed by atoms with Crippen molar-refractivity contribution in [3.8, 4) is 0 Å². The van der Waals surface area contributed by atoms with E-state index < -0.39 is 12.8 Å². The smallest absolute Gasteiger partial charge is 0.131 e. The van der Waals surface area contributed by atoms with E-state index in [0.29, 0.717) is 0 Å². The minimum absolute atomic E-state index is 0.0117. The predicted octanol–water partition coefficient (Wildman–Crippen LogP) is 5.71. The lowest BCUT2D eigenvalue weighted by atomic mass is 9.68. The van der Waals surface area contributed by atoms with Crippen LogP contribution >= 0.6 is 0 Å². The van der Waals surface area contributed by atoms with Gasteiger partial charge in [-0.3, -0.25) is 0 Å². The molecule has 2 rings (SSSR count). The van der Waals surface area contributed by atoms with E-state index in [0.717, 1.165) is 43.4 Å². The Labute approximate surface area is 117 Å². The first-order valence-electron chi connectivity index (χ1n) is 8.44. The summed E-state index contributed by atoms with van der Waals surface area (Å²) in [5.41, 5.74) is 0. The van der Waals surface area contributed by atoms with E-state index in [-0.39, 0.29) is 5.92 Å². The fraction of sp³-hybridized carbons (Fsp3) is 1.00. The first-order chi connectivity index (χ1) is 9.24. The van der Waals surface area contributed by atoms with Gasteiger partial charge in [-0.25, -0.2) is 8.78 Å². The molecule has 0 amide bonds. The molecular formula is C17H30F2. The molecule has 0 aromatic heterocycles. The van der Waals surface area contributed by atoms with Gasteiger partial charge in [0.05, 0.1) is 0 Å². The molecular weight excluding hydrogens is 242 g/mol. The maximum Gasteiger partial charge on any atom is 0.131 e. The van der Waals surface area contributed by atoms with Crippen LogP contribution in [-0.2, 0) is 0 Å². The molecule has 112 valence electrons. The quantitative estimate of drug-likeness (QED) is 0.601. The molecule has 0 radical (unpaired) electrons. The molecule has 0 saturated heterocycles. The number of hydrogen-bond donors (Lipinski definition) is 0. The second kappa shape index (κ2) is 7.59. The van der Waals surface area contributed by atoms with Gasteiger partial charge in [0, 0.05) is 0 Å². The van der Waals surface area contributed by atoms with Crippen LogP contribution in [0.5, 0.6) is 0 Å². The van der Waals surface area contributed by atoms with Gasteiger partial charge in [-0.2, -0.15) is 0 Å². The number of rotatable bonds is 5. The lowest BCUT2D eigenvalue weighted by molar-refractivity contribution is 0.0948. The Morgan fingerprint density at radius 1 is 0.895 bits per heavy atom. The van der Waals surface area contributed by atoms with Gasteiger partial charge >= 0.3 is 0 Å². The first-order valence-corrected chi connectivity index (χ1v) is 8.44. The Balaban J connectivity index is 1.71. The molecule has 0 N–H and O–H groups in total. The molecule has 1 unspecified atom stereocenters. The molecule has 0 aromatic rings. The van der Waals surface area contributed by atoms with Crippen LogP contribution in [0.2, 0.25) is 0 Å². The van der Waals surface area contributed by atoms with E-state index in [4.69, 9.17) is 0 Å². The van der Waals surface area contributed by atoms with Crippen LogP contribution in [0.3, 0.4) is 0 Å². The fourth-order valence-corrected chi connectivity index (χ4v) is 4.46. The Bertz CT molecular complexity index is 238. The van der Waals surface area contributed by atoms with Gasteiger partial charge in [-0.15, -0.1) is 0 Å². The van der Waals surface area contributed by atoms with Crippen LogP contribution in [0.4, 0.5) is 8.78 Å². The van der Waals surface area contributed by atoms with E-state index in [9.17, 15) is 8.78 Å². The molecule has 2 saturated carbocycles. The van der Waals surface area contributed by atoms with Crippen molar-refractivity contribution in [2.75, 3.05) is 6.67 Å². The normalized spacial score (nSPS) is 38.1. The van der Waals surface area contributed by atoms with E-state index >= 15 is 0 Å². The van der Waals surface area contributed by atoms with Gasteiger partial charge in [0.25, 0.3) is 0 Å². The molecule has 2 heteroatoms. The number of alkyl halides is 2. The summed E-state index contributed by atoms with van der Waals surface area (Å²) < 4.78 is 25.7. The van der Waals surface area contributed by atoms with Crippen LogP contribution in [0, 0.1) is 23.7 Å². The molecule has 0 heterocycles. The van der Waals surface area contributed by atoms with Crippen molar-refractivity contribution < 1.29 is 8.78 Å². The fourth-order valence-electron chi connectivity index (χ4n) is 4.46. The summed E-state index contributed by atoms with van der Waals surface area (Å²) >= 11 is 0.